The lowest BCUT2D eigenvalue weighted by atomic mass is 10.1. The third-order valence-electron chi connectivity index (χ3n) is 4.35. The van der Waals surface area contributed by atoms with Crippen molar-refractivity contribution in [2.45, 2.75) is 25.8 Å². The quantitative estimate of drug-likeness (QED) is 0.801. The number of carbonyl (C=O) groups excluding carboxylic acids is 1. The van der Waals surface area contributed by atoms with Gasteiger partial charge in [0.1, 0.15) is 0 Å². The Kier molecular flexibility index (Phi) is 3.41. The number of rotatable bonds is 4. The molecule has 1 N–H and O–H groups in total. The van der Waals surface area contributed by atoms with Gasteiger partial charge in [-0.2, -0.15) is 5.10 Å². The predicted octanol–water partition coefficient (Wildman–Crippen LogP) is 3.22. The Morgan fingerprint density at radius 2 is 2.30 bits per heavy atom. The number of aryl methyl sites for hydroxylation is 2. The van der Waals surface area contributed by atoms with E-state index in [-0.39, 0.29) is 11.9 Å². The third kappa shape index (κ3) is 2.63. The Hall–Kier alpha value is -2.21. The van der Waals surface area contributed by atoms with E-state index in [4.69, 9.17) is 0 Å². The molecule has 5 nitrogen and oxygen atoms in total. The minimum atomic E-state index is -0.0621. The molecule has 0 aliphatic heterocycles. The van der Waals surface area contributed by atoms with Gasteiger partial charge in [0.2, 0.25) is 0 Å². The van der Waals surface area contributed by atoms with Crippen LogP contribution >= 0.6 is 11.3 Å². The topological polar surface area (TPSA) is 59.8 Å². The van der Waals surface area contributed by atoms with Gasteiger partial charge in [-0.1, -0.05) is 6.07 Å². The van der Waals surface area contributed by atoms with E-state index in [9.17, 15) is 4.79 Å². The highest BCUT2D eigenvalue weighted by atomic mass is 32.1. The summed E-state index contributed by atoms with van der Waals surface area (Å²) in [5.74, 6) is 0.502. The maximum absolute atomic E-state index is 12.7. The summed E-state index contributed by atoms with van der Waals surface area (Å²) < 4.78 is 1.74. The van der Waals surface area contributed by atoms with Crippen molar-refractivity contribution in [2.24, 2.45) is 13.0 Å². The molecule has 0 bridgehead atoms. The van der Waals surface area contributed by atoms with Crippen molar-refractivity contribution in [3.05, 3.63) is 45.9 Å². The Balaban J connectivity index is 1.62. The van der Waals surface area contributed by atoms with Gasteiger partial charge >= 0.3 is 0 Å². The average Bonchev–Trinajstić information content (AvgIpc) is 3.16. The number of pyridine rings is 1. The zero-order valence-electron chi connectivity index (χ0n) is 13.1. The monoisotopic (exact) mass is 326 g/mol. The molecule has 4 rings (SSSR count). The lowest BCUT2D eigenvalue weighted by Crippen LogP contribution is -2.29. The van der Waals surface area contributed by atoms with Gasteiger partial charge in [-0.15, -0.1) is 11.3 Å². The SMILES string of the molecule is Cc1nn(C)c2ncc(C(=O)NC(c3cccs3)C3CC3)cc12. The highest BCUT2D eigenvalue weighted by Crippen LogP contribution is 2.42. The lowest BCUT2D eigenvalue weighted by Gasteiger charge is -2.16. The molecular weight excluding hydrogens is 308 g/mol. The van der Waals surface area contributed by atoms with Crippen LogP contribution in [0.2, 0.25) is 0 Å². The molecule has 1 amide bonds. The van der Waals surface area contributed by atoms with E-state index in [0.29, 0.717) is 11.5 Å². The molecule has 0 radical (unpaired) electrons. The molecule has 0 aromatic carbocycles. The van der Waals surface area contributed by atoms with Crippen molar-refractivity contribution >= 4 is 28.3 Å². The largest absolute Gasteiger partial charge is 0.344 e. The van der Waals surface area contributed by atoms with E-state index in [0.717, 1.165) is 16.7 Å². The fraction of sp³-hybridized carbons (Fsp3) is 0.353. The van der Waals surface area contributed by atoms with Crippen LogP contribution in [-0.2, 0) is 7.05 Å². The van der Waals surface area contributed by atoms with Crippen molar-refractivity contribution in [2.75, 3.05) is 0 Å². The molecule has 1 fully saturated rings. The molecule has 1 saturated carbocycles. The van der Waals surface area contributed by atoms with E-state index in [1.807, 2.05) is 26.1 Å². The first-order valence-corrected chi connectivity index (χ1v) is 8.65. The number of carbonyl (C=O) groups is 1. The van der Waals surface area contributed by atoms with Crippen molar-refractivity contribution in [1.82, 2.24) is 20.1 Å². The van der Waals surface area contributed by atoms with Gasteiger partial charge in [-0.05, 0) is 43.2 Å². The van der Waals surface area contributed by atoms with E-state index >= 15 is 0 Å². The fourth-order valence-electron chi connectivity index (χ4n) is 2.98. The minimum Gasteiger partial charge on any atom is -0.344 e. The molecule has 118 valence electrons. The van der Waals surface area contributed by atoms with Crippen LogP contribution in [0.4, 0.5) is 0 Å². The molecule has 1 aliphatic rings. The fourth-order valence-corrected chi connectivity index (χ4v) is 3.85. The van der Waals surface area contributed by atoms with Crippen LogP contribution in [-0.4, -0.2) is 20.7 Å². The second-order valence-corrected chi connectivity index (χ2v) is 7.09. The van der Waals surface area contributed by atoms with Gasteiger partial charge in [0, 0.05) is 23.5 Å². The molecule has 6 heteroatoms. The van der Waals surface area contributed by atoms with Crippen LogP contribution in [0.25, 0.3) is 11.0 Å². The second kappa shape index (κ2) is 5.45. The number of hydrogen-bond acceptors (Lipinski definition) is 4. The highest BCUT2D eigenvalue weighted by molar-refractivity contribution is 7.10. The summed E-state index contributed by atoms with van der Waals surface area (Å²) >= 11 is 1.70. The smallest absolute Gasteiger partial charge is 0.253 e. The van der Waals surface area contributed by atoms with Crippen LogP contribution in [0.1, 0.15) is 39.8 Å². The van der Waals surface area contributed by atoms with Gasteiger partial charge in [0.25, 0.3) is 5.91 Å². The van der Waals surface area contributed by atoms with Gasteiger partial charge in [0.15, 0.2) is 5.65 Å². The number of thiophene rings is 1. The van der Waals surface area contributed by atoms with Crippen molar-refractivity contribution < 1.29 is 4.79 Å². The summed E-state index contributed by atoms with van der Waals surface area (Å²) in [6.45, 7) is 1.93. The standard InChI is InChI=1S/C17H18N4OS/c1-10-13-8-12(9-18-16(13)21(2)20-10)17(22)19-15(11-5-6-11)14-4-3-7-23-14/h3-4,7-9,11,15H,5-6H2,1-2H3,(H,19,22). The van der Waals surface area contributed by atoms with Crippen LogP contribution in [0.5, 0.6) is 0 Å². The predicted molar refractivity (Wildman–Crippen MR) is 90.5 cm³/mol. The van der Waals surface area contributed by atoms with Crippen LogP contribution in [0.15, 0.2) is 29.8 Å². The second-order valence-electron chi connectivity index (χ2n) is 6.11. The number of hydrogen-bond donors (Lipinski definition) is 1. The first-order chi connectivity index (χ1) is 11.1. The summed E-state index contributed by atoms with van der Waals surface area (Å²) in [5.41, 5.74) is 2.29. The summed E-state index contributed by atoms with van der Waals surface area (Å²) in [5, 5.41) is 10.5. The normalized spacial score (nSPS) is 15.7. The van der Waals surface area contributed by atoms with Crippen molar-refractivity contribution in [3.8, 4) is 0 Å². The lowest BCUT2D eigenvalue weighted by molar-refractivity contribution is 0.0932. The zero-order chi connectivity index (χ0) is 16.0. The number of nitrogens with one attached hydrogen (secondary N) is 1. The maximum Gasteiger partial charge on any atom is 0.253 e. The molecule has 3 aromatic rings. The van der Waals surface area contributed by atoms with Crippen LogP contribution in [0, 0.1) is 12.8 Å². The van der Waals surface area contributed by atoms with Gasteiger partial charge in [-0.3, -0.25) is 9.48 Å². The highest BCUT2D eigenvalue weighted by Gasteiger charge is 2.34. The van der Waals surface area contributed by atoms with E-state index in [1.54, 1.807) is 22.2 Å². The number of nitrogens with zero attached hydrogens (tertiary/aromatic N) is 3. The molecular formula is C17H18N4OS. The Morgan fingerprint density at radius 3 is 3.00 bits per heavy atom. The number of aromatic nitrogens is 3. The molecule has 1 aliphatic carbocycles. The van der Waals surface area contributed by atoms with E-state index in [2.05, 4.69) is 26.8 Å². The zero-order valence-corrected chi connectivity index (χ0v) is 13.9. The molecule has 1 atom stereocenters. The minimum absolute atomic E-state index is 0.0621. The van der Waals surface area contributed by atoms with E-state index < -0.39 is 0 Å². The van der Waals surface area contributed by atoms with Crippen molar-refractivity contribution in [1.29, 1.82) is 0 Å². The first-order valence-electron chi connectivity index (χ1n) is 7.77. The molecule has 23 heavy (non-hydrogen) atoms. The van der Waals surface area contributed by atoms with Gasteiger partial charge < -0.3 is 5.32 Å². The molecule has 3 aromatic heterocycles. The molecule has 0 spiro atoms. The molecule has 0 saturated heterocycles. The van der Waals surface area contributed by atoms with Crippen LogP contribution in [0.3, 0.4) is 0 Å². The number of fused-ring (bicyclic) bond motifs is 1. The molecule has 1 unspecified atom stereocenters. The first kappa shape index (κ1) is 14.4. The van der Waals surface area contributed by atoms with Crippen LogP contribution < -0.4 is 5.32 Å². The van der Waals surface area contributed by atoms with Gasteiger partial charge in [-0.25, -0.2) is 4.98 Å². The maximum atomic E-state index is 12.7. The Bertz CT molecular complexity index is 864. The Labute approximate surface area is 138 Å². The average molecular weight is 326 g/mol. The Morgan fingerprint density at radius 1 is 1.48 bits per heavy atom. The summed E-state index contributed by atoms with van der Waals surface area (Å²) in [6.07, 6.45) is 4.00. The summed E-state index contributed by atoms with van der Waals surface area (Å²) in [6, 6.07) is 6.14. The summed E-state index contributed by atoms with van der Waals surface area (Å²) in [7, 11) is 1.86. The summed E-state index contributed by atoms with van der Waals surface area (Å²) in [4.78, 5) is 18.3. The van der Waals surface area contributed by atoms with E-state index in [1.165, 1.54) is 17.7 Å². The third-order valence-corrected chi connectivity index (χ3v) is 5.31. The van der Waals surface area contributed by atoms with Gasteiger partial charge in [0.05, 0.1) is 17.3 Å². The number of amides is 1. The van der Waals surface area contributed by atoms with Crippen molar-refractivity contribution in [3.63, 3.8) is 0 Å². The molecule has 3 heterocycles.